The Morgan fingerprint density at radius 3 is 2.80 bits per heavy atom. The number of aliphatic carboxylic acids is 1. The molecule has 3 N–H and O–H groups in total. The van der Waals surface area contributed by atoms with Crippen molar-refractivity contribution in [1.29, 1.82) is 0 Å². The van der Waals surface area contributed by atoms with E-state index in [-0.39, 0.29) is 30.0 Å². The molecule has 1 amide bonds. The number of nitrogens with zero attached hydrogens (tertiary/aromatic N) is 4. The maximum Gasteiger partial charge on any atom is 0.304 e. The number of carboxylic acids is 1. The van der Waals surface area contributed by atoms with E-state index in [0.717, 1.165) is 25.7 Å². The van der Waals surface area contributed by atoms with Gasteiger partial charge in [0, 0.05) is 22.9 Å². The summed E-state index contributed by atoms with van der Waals surface area (Å²) in [6.07, 6.45) is 5.42. The second kappa shape index (κ2) is 13.1. The van der Waals surface area contributed by atoms with Crippen LogP contribution in [0.3, 0.4) is 0 Å². The van der Waals surface area contributed by atoms with Crippen LogP contribution in [0.4, 0.5) is 21.6 Å². The van der Waals surface area contributed by atoms with Crippen LogP contribution in [-0.2, 0) is 16.1 Å². The molecule has 0 saturated heterocycles. The lowest BCUT2D eigenvalue weighted by Gasteiger charge is -2.18. The first kappa shape index (κ1) is 29.2. The van der Waals surface area contributed by atoms with E-state index in [4.69, 9.17) is 33.7 Å². The molecule has 0 radical (unpaired) electrons. The maximum absolute atomic E-state index is 13.7. The summed E-state index contributed by atoms with van der Waals surface area (Å²) in [6.45, 7) is -0.139. The molecule has 10 nitrogen and oxygen atoms in total. The van der Waals surface area contributed by atoms with Crippen molar-refractivity contribution in [2.75, 3.05) is 16.4 Å². The molecular formula is C26H24ClFN6O4S3. The monoisotopic (exact) mass is 634 g/mol. The van der Waals surface area contributed by atoms with Gasteiger partial charge in [-0.05, 0) is 62.2 Å². The van der Waals surface area contributed by atoms with Crippen molar-refractivity contribution >= 4 is 86.9 Å². The van der Waals surface area contributed by atoms with E-state index in [9.17, 15) is 14.0 Å². The van der Waals surface area contributed by atoms with Crippen LogP contribution < -0.4 is 15.4 Å². The molecule has 0 bridgehead atoms. The number of anilines is 3. The summed E-state index contributed by atoms with van der Waals surface area (Å²) < 4.78 is 22.4. The summed E-state index contributed by atoms with van der Waals surface area (Å²) in [5.41, 5.74) is 1.55. The van der Waals surface area contributed by atoms with E-state index in [2.05, 4.69) is 25.7 Å². The first-order valence-corrected chi connectivity index (χ1v) is 15.2. The number of rotatable bonds is 11. The van der Waals surface area contributed by atoms with Crippen molar-refractivity contribution in [2.24, 2.45) is 0 Å². The van der Waals surface area contributed by atoms with Gasteiger partial charge in [-0.3, -0.25) is 9.59 Å². The van der Waals surface area contributed by atoms with Gasteiger partial charge in [-0.2, -0.15) is 5.10 Å². The molecule has 2 aromatic carbocycles. The zero-order valence-corrected chi connectivity index (χ0v) is 24.6. The number of ether oxygens (including phenoxy) is 1. The Labute approximate surface area is 252 Å². The van der Waals surface area contributed by atoms with Crippen LogP contribution in [0.15, 0.2) is 41.0 Å². The van der Waals surface area contributed by atoms with E-state index < -0.39 is 11.8 Å². The molecule has 1 aliphatic carbocycles. The molecule has 2 aromatic heterocycles. The summed E-state index contributed by atoms with van der Waals surface area (Å²) in [5.74, 6) is -0.526. The number of fused-ring (bicyclic) bond motifs is 1. The Morgan fingerprint density at radius 1 is 1.24 bits per heavy atom. The molecule has 5 rings (SSSR count). The number of carbonyl (C=O) groups is 2. The summed E-state index contributed by atoms with van der Waals surface area (Å²) in [6, 6.07) is 7.75. The Morgan fingerprint density at radius 2 is 2.05 bits per heavy atom. The molecular weight excluding hydrogens is 611 g/mol. The number of hydrogen-bond donors (Lipinski definition) is 3. The Balaban J connectivity index is 1.41. The Hall–Kier alpha value is -3.33. The molecule has 1 saturated carbocycles. The fourth-order valence-corrected chi connectivity index (χ4v) is 6.78. The van der Waals surface area contributed by atoms with E-state index in [1.165, 1.54) is 46.2 Å². The third kappa shape index (κ3) is 7.50. The van der Waals surface area contributed by atoms with Crippen molar-refractivity contribution in [3.05, 3.63) is 51.5 Å². The minimum atomic E-state index is -0.892. The van der Waals surface area contributed by atoms with Gasteiger partial charge in [0.15, 0.2) is 8.29 Å². The first-order valence-electron chi connectivity index (χ1n) is 12.6. The smallest absolute Gasteiger partial charge is 0.304 e. The van der Waals surface area contributed by atoms with Crippen LogP contribution in [0.5, 0.6) is 5.75 Å². The number of thioether (sulfide) groups is 1. The topological polar surface area (TPSA) is 131 Å². The number of benzene rings is 2. The second-order valence-electron chi connectivity index (χ2n) is 9.20. The Kier molecular flexibility index (Phi) is 9.32. The molecule has 214 valence electrons. The molecule has 1 fully saturated rings. The van der Waals surface area contributed by atoms with Crippen LogP contribution in [-0.4, -0.2) is 48.6 Å². The molecule has 15 heteroatoms. The summed E-state index contributed by atoms with van der Waals surface area (Å²) in [5, 5.41) is 19.8. The molecule has 1 aliphatic rings. The van der Waals surface area contributed by atoms with Gasteiger partial charge >= 0.3 is 5.97 Å². The number of halogens is 2. The first-order chi connectivity index (χ1) is 19.7. The summed E-state index contributed by atoms with van der Waals surface area (Å²) >= 11 is 13.8. The van der Waals surface area contributed by atoms with Gasteiger partial charge in [0.05, 0.1) is 28.8 Å². The van der Waals surface area contributed by atoms with Crippen molar-refractivity contribution in [1.82, 2.24) is 19.7 Å². The highest BCUT2D eigenvalue weighted by molar-refractivity contribution is 8.01. The highest BCUT2D eigenvalue weighted by Crippen LogP contribution is 2.36. The number of carboxylic acid groups (broad SMARTS) is 1. The third-order valence-electron chi connectivity index (χ3n) is 6.21. The zero-order valence-electron chi connectivity index (χ0n) is 21.4. The molecule has 0 spiro atoms. The number of carbonyl (C=O) groups excluding carboxylic acids is 1. The average Bonchev–Trinajstić information content (AvgIpc) is 3.56. The molecule has 0 unspecified atom stereocenters. The third-order valence-corrected chi connectivity index (χ3v) is 8.94. The van der Waals surface area contributed by atoms with Crippen molar-refractivity contribution in [2.45, 2.75) is 49.1 Å². The minimum Gasteiger partial charge on any atom is -0.488 e. The lowest BCUT2D eigenvalue weighted by molar-refractivity contribution is -0.136. The van der Waals surface area contributed by atoms with Gasteiger partial charge in [0.2, 0.25) is 5.91 Å². The van der Waals surface area contributed by atoms with Crippen molar-refractivity contribution in [3.63, 3.8) is 0 Å². The molecule has 0 atom stereocenters. The quantitative estimate of drug-likeness (QED) is 0.121. The van der Waals surface area contributed by atoms with Gasteiger partial charge < -0.3 is 20.5 Å². The maximum atomic E-state index is 13.7. The largest absolute Gasteiger partial charge is 0.488 e. The number of nitrogens with one attached hydrogen (secondary N) is 2. The fraction of sp³-hybridized carbons (Fsp3) is 0.308. The van der Waals surface area contributed by atoms with Gasteiger partial charge in [-0.25, -0.2) is 19.0 Å². The van der Waals surface area contributed by atoms with E-state index in [1.807, 2.05) is 0 Å². The van der Waals surface area contributed by atoms with Gasteiger partial charge in [0.25, 0.3) is 0 Å². The number of aromatic nitrogens is 4. The molecule has 2 heterocycles. The lowest BCUT2D eigenvalue weighted by Crippen LogP contribution is -2.21. The lowest BCUT2D eigenvalue weighted by atomic mass is 10.1. The highest BCUT2D eigenvalue weighted by atomic mass is 35.5. The van der Waals surface area contributed by atoms with E-state index >= 15 is 0 Å². The van der Waals surface area contributed by atoms with Crippen molar-refractivity contribution in [3.8, 4) is 5.75 Å². The normalized spacial score (nSPS) is 13.4. The van der Waals surface area contributed by atoms with Gasteiger partial charge in [-0.15, -0.1) is 0 Å². The van der Waals surface area contributed by atoms with E-state index in [1.54, 1.807) is 18.2 Å². The SMILES string of the molecule is O=C(O)CCSc1nn(CC(=O)Nc2cc3c(Nc4ccc(F)c(Cl)c4)ncnc3cc2OC2CCCC2)c(=S)s1. The summed E-state index contributed by atoms with van der Waals surface area (Å²) in [7, 11) is 0. The second-order valence-corrected chi connectivity index (χ2v) is 12.6. The summed E-state index contributed by atoms with van der Waals surface area (Å²) in [4.78, 5) is 32.7. The Bertz CT molecular complexity index is 1660. The zero-order chi connectivity index (χ0) is 28.9. The molecule has 41 heavy (non-hydrogen) atoms. The molecule has 4 aromatic rings. The van der Waals surface area contributed by atoms with Gasteiger partial charge in [-0.1, -0.05) is 34.7 Å². The number of amides is 1. The van der Waals surface area contributed by atoms with Gasteiger partial charge in [0.1, 0.15) is 30.3 Å². The van der Waals surface area contributed by atoms with Crippen LogP contribution >= 0.6 is 46.9 Å². The predicted molar refractivity (Wildman–Crippen MR) is 160 cm³/mol. The standard InChI is InChI=1S/C26H24ClFN6O4S3/c27-17-9-14(5-6-18(17)28)31-24-16-10-20(21(11-19(16)29-13-30-24)38-15-3-1-2-4-15)32-22(35)12-34-26(39)41-25(33-34)40-8-7-23(36)37/h5-6,9-11,13,15H,1-4,7-8,12H2,(H,32,35)(H,36,37)(H,29,30,31). The highest BCUT2D eigenvalue weighted by Gasteiger charge is 2.21. The van der Waals surface area contributed by atoms with Crippen LogP contribution in [0.2, 0.25) is 5.02 Å². The molecule has 0 aliphatic heterocycles. The van der Waals surface area contributed by atoms with Crippen LogP contribution in [0.1, 0.15) is 32.1 Å². The minimum absolute atomic E-state index is 0.00200. The average molecular weight is 635 g/mol. The van der Waals surface area contributed by atoms with Crippen LogP contribution in [0.25, 0.3) is 10.9 Å². The number of hydrogen-bond acceptors (Lipinski definition) is 10. The van der Waals surface area contributed by atoms with E-state index in [0.29, 0.717) is 47.9 Å². The predicted octanol–water partition coefficient (Wildman–Crippen LogP) is 6.68. The fourth-order valence-electron chi connectivity index (χ4n) is 4.27. The van der Waals surface area contributed by atoms with Crippen LogP contribution in [0, 0.1) is 9.77 Å². The van der Waals surface area contributed by atoms with Crippen molar-refractivity contribution < 1.29 is 23.8 Å².